The van der Waals surface area contributed by atoms with Crippen molar-refractivity contribution in [3.63, 3.8) is 0 Å². The third kappa shape index (κ3) is 5.20. The molecule has 0 radical (unpaired) electrons. The Bertz CT molecular complexity index is 1100. The van der Waals surface area contributed by atoms with E-state index in [4.69, 9.17) is 11.6 Å². The van der Waals surface area contributed by atoms with Gasteiger partial charge in [0, 0.05) is 17.3 Å². The fraction of sp³-hybridized carbons (Fsp3) is 0.200. The first-order valence-electron chi connectivity index (χ1n) is 8.79. The molecule has 0 spiro atoms. The van der Waals surface area contributed by atoms with Crippen LogP contribution >= 0.6 is 22.9 Å². The zero-order valence-electron chi connectivity index (χ0n) is 15.9. The molecule has 162 valence electrons. The number of halogens is 4. The molecular weight excluding hydrogens is 455 g/mol. The fourth-order valence-corrected chi connectivity index (χ4v) is 3.85. The van der Waals surface area contributed by atoms with Gasteiger partial charge in [-0.15, -0.1) is 11.3 Å². The Morgan fingerprint density at radius 2 is 1.94 bits per heavy atom. The number of carbonyl (C=O) groups is 2. The summed E-state index contributed by atoms with van der Waals surface area (Å²) < 4.78 is 45.6. The highest BCUT2D eigenvalue weighted by Gasteiger charge is 2.41. The van der Waals surface area contributed by atoms with Crippen molar-refractivity contribution in [2.24, 2.45) is 0 Å². The van der Waals surface area contributed by atoms with E-state index in [9.17, 15) is 22.8 Å². The number of nitrogens with zero attached hydrogens (tertiary/aromatic N) is 2. The van der Waals surface area contributed by atoms with E-state index in [-0.39, 0.29) is 17.9 Å². The zero-order chi connectivity index (χ0) is 22.6. The second kappa shape index (κ2) is 9.44. The van der Waals surface area contributed by atoms with Crippen molar-refractivity contribution in [3.8, 4) is 0 Å². The lowest BCUT2D eigenvalue weighted by Gasteiger charge is -2.20. The van der Waals surface area contributed by atoms with Crippen molar-refractivity contribution in [2.45, 2.75) is 18.6 Å². The molecule has 3 aromatic rings. The van der Waals surface area contributed by atoms with Gasteiger partial charge < -0.3 is 10.1 Å². The maximum absolute atomic E-state index is 13.5. The third-order valence-corrected chi connectivity index (χ3v) is 5.41. The Morgan fingerprint density at radius 3 is 2.58 bits per heavy atom. The minimum Gasteiger partial charge on any atom is -0.468 e. The number of hydrogen-bond donors (Lipinski definition) is 1. The molecule has 2 heterocycles. The smallest absolute Gasteiger partial charge is 0.416 e. The third-order valence-electron chi connectivity index (χ3n) is 4.30. The number of rotatable bonds is 7. The molecule has 31 heavy (non-hydrogen) atoms. The lowest BCUT2D eigenvalue weighted by atomic mass is 9.88. The molecule has 1 unspecified atom stereocenters. The summed E-state index contributed by atoms with van der Waals surface area (Å²) in [6.45, 7) is 0.248. The Kier molecular flexibility index (Phi) is 6.91. The number of Topliss-reactive ketones (excluding diaryl/α,β-unsaturated/α-hetero) is 1. The molecule has 3 rings (SSSR count). The number of nitrogens with one attached hydrogen (secondary N) is 1. The summed E-state index contributed by atoms with van der Waals surface area (Å²) in [6, 6.07) is 7.47. The molecule has 6 nitrogen and oxygen atoms in total. The number of methoxy groups -OCH3 is 1. The highest BCUT2D eigenvalue weighted by molar-refractivity contribution is 7.15. The zero-order valence-corrected chi connectivity index (χ0v) is 17.5. The molecule has 0 bridgehead atoms. The highest BCUT2D eigenvalue weighted by Crippen LogP contribution is 2.37. The van der Waals surface area contributed by atoms with E-state index < -0.39 is 35.0 Å². The monoisotopic (exact) mass is 469 g/mol. The summed E-state index contributed by atoms with van der Waals surface area (Å²) in [5.41, 5.74) is -1.54. The summed E-state index contributed by atoms with van der Waals surface area (Å²) in [6.07, 6.45) is -1.90. The standard InChI is InChI=1S/C20H15ClF3N3O3S/c1-30-18(29)15(12-5-2-3-6-13(12)20(22,23)24)17(28)16-14(7-4-8-25-16)26-9-11-10-27-19(21)31-11/h2-8,10,15,26H,9H2,1H3. The van der Waals surface area contributed by atoms with Crippen molar-refractivity contribution < 1.29 is 27.5 Å². The van der Waals surface area contributed by atoms with Crippen LogP contribution in [0.3, 0.4) is 0 Å². The van der Waals surface area contributed by atoms with Gasteiger partial charge in [-0.3, -0.25) is 14.6 Å². The van der Waals surface area contributed by atoms with E-state index >= 15 is 0 Å². The number of esters is 1. The predicted octanol–water partition coefficient (Wildman–Crippen LogP) is 4.96. The summed E-state index contributed by atoms with van der Waals surface area (Å²) >= 11 is 7.03. The molecule has 0 aliphatic heterocycles. The lowest BCUT2D eigenvalue weighted by molar-refractivity contribution is -0.142. The van der Waals surface area contributed by atoms with Gasteiger partial charge in [0.25, 0.3) is 0 Å². The number of alkyl halides is 3. The number of thiazole rings is 1. The largest absolute Gasteiger partial charge is 0.468 e. The van der Waals surface area contributed by atoms with E-state index in [1.54, 1.807) is 12.3 Å². The lowest BCUT2D eigenvalue weighted by Crippen LogP contribution is -2.27. The van der Waals surface area contributed by atoms with Gasteiger partial charge in [-0.05, 0) is 23.8 Å². The van der Waals surface area contributed by atoms with Crippen LogP contribution in [0.25, 0.3) is 0 Å². The van der Waals surface area contributed by atoms with Crippen LogP contribution in [0.4, 0.5) is 18.9 Å². The second-order valence-electron chi connectivity index (χ2n) is 6.24. The number of ketones is 1. The summed E-state index contributed by atoms with van der Waals surface area (Å²) in [4.78, 5) is 34.4. The molecule has 1 aromatic carbocycles. The quantitative estimate of drug-likeness (QED) is 0.299. The van der Waals surface area contributed by atoms with E-state index in [0.29, 0.717) is 4.47 Å². The molecule has 0 amide bonds. The Balaban J connectivity index is 2.00. The van der Waals surface area contributed by atoms with Crippen LogP contribution in [0, 0.1) is 0 Å². The molecule has 0 aliphatic rings. The first-order valence-corrected chi connectivity index (χ1v) is 9.99. The minimum atomic E-state index is -4.76. The predicted molar refractivity (Wildman–Crippen MR) is 109 cm³/mol. The van der Waals surface area contributed by atoms with Crippen LogP contribution in [0.2, 0.25) is 4.47 Å². The highest BCUT2D eigenvalue weighted by atomic mass is 35.5. The van der Waals surface area contributed by atoms with Gasteiger partial charge >= 0.3 is 12.1 Å². The molecule has 0 aliphatic carbocycles. The van der Waals surface area contributed by atoms with Crippen LogP contribution in [0.15, 0.2) is 48.8 Å². The summed E-state index contributed by atoms with van der Waals surface area (Å²) in [5.74, 6) is -3.88. The van der Waals surface area contributed by atoms with Crippen LogP contribution in [0.5, 0.6) is 0 Å². The van der Waals surface area contributed by atoms with Crippen LogP contribution in [0.1, 0.15) is 32.4 Å². The van der Waals surface area contributed by atoms with Crippen molar-refractivity contribution in [2.75, 3.05) is 12.4 Å². The number of benzene rings is 1. The topological polar surface area (TPSA) is 81.2 Å². The number of pyridine rings is 1. The van der Waals surface area contributed by atoms with Gasteiger partial charge in [-0.25, -0.2) is 4.98 Å². The van der Waals surface area contributed by atoms with E-state index in [1.807, 2.05) is 0 Å². The average molecular weight is 470 g/mol. The second-order valence-corrected chi connectivity index (χ2v) is 7.94. The first kappa shape index (κ1) is 22.7. The van der Waals surface area contributed by atoms with Gasteiger partial charge in [0.15, 0.2) is 4.47 Å². The normalized spacial score (nSPS) is 12.3. The molecular formula is C20H15ClF3N3O3S. The van der Waals surface area contributed by atoms with Crippen LogP contribution in [-0.2, 0) is 22.3 Å². The van der Waals surface area contributed by atoms with Crippen molar-refractivity contribution in [1.82, 2.24) is 9.97 Å². The van der Waals surface area contributed by atoms with Gasteiger partial charge in [-0.1, -0.05) is 29.8 Å². The van der Waals surface area contributed by atoms with E-state index in [2.05, 4.69) is 20.0 Å². The van der Waals surface area contributed by atoms with Crippen molar-refractivity contribution >= 4 is 40.4 Å². The van der Waals surface area contributed by atoms with Gasteiger partial charge in [0.1, 0.15) is 11.6 Å². The maximum Gasteiger partial charge on any atom is 0.416 e. The number of carbonyl (C=O) groups excluding carboxylic acids is 2. The minimum absolute atomic E-state index is 0.189. The van der Waals surface area contributed by atoms with E-state index in [1.165, 1.54) is 35.7 Å². The Morgan fingerprint density at radius 1 is 1.19 bits per heavy atom. The van der Waals surface area contributed by atoms with Gasteiger partial charge in [-0.2, -0.15) is 13.2 Å². The molecule has 11 heteroatoms. The van der Waals surface area contributed by atoms with E-state index in [0.717, 1.165) is 24.1 Å². The molecule has 2 aromatic heterocycles. The molecule has 0 fully saturated rings. The first-order chi connectivity index (χ1) is 14.7. The SMILES string of the molecule is COC(=O)C(C(=O)c1ncccc1NCc1cnc(Cl)s1)c1ccccc1C(F)(F)F. The summed E-state index contributed by atoms with van der Waals surface area (Å²) in [5, 5.41) is 2.99. The van der Waals surface area contributed by atoms with Crippen molar-refractivity contribution in [1.29, 1.82) is 0 Å². The van der Waals surface area contributed by atoms with Crippen molar-refractivity contribution in [3.05, 3.63) is 75.0 Å². The summed E-state index contributed by atoms with van der Waals surface area (Å²) in [7, 11) is 1.00. The van der Waals surface area contributed by atoms with Crippen LogP contribution in [-0.4, -0.2) is 28.8 Å². The average Bonchev–Trinajstić information content (AvgIpc) is 3.17. The molecule has 0 saturated carbocycles. The number of anilines is 1. The number of aromatic nitrogens is 2. The molecule has 1 atom stereocenters. The Hall–Kier alpha value is -2.98. The van der Waals surface area contributed by atoms with Crippen LogP contribution < -0.4 is 5.32 Å². The number of ether oxygens (including phenoxy) is 1. The number of hydrogen-bond acceptors (Lipinski definition) is 7. The fourth-order valence-electron chi connectivity index (χ4n) is 2.93. The molecule has 0 saturated heterocycles. The Labute approximate surface area is 184 Å². The van der Waals surface area contributed by atoms with Gasteiger partial charge in [0.05, 0.1) is 24.9 Å². The van der Waals surface area contributed by atoms with Gasteiger partial charge in [0.2, 0.25) is 5.78 Å². The molecule has 1 N–H and O–H groups in total. The maximum atomic E-state index is 13.5.